The third-order valence-electron chi connectivity index (χ3n) is 4.20. The number of rotatable bonds is 3. The number of amides is 1. The molecule has 0 saturated carbocycles. The van der Waals surface area contributed by atoms with Gasteiger partial charge in [-0.3, -0.25) is 4.79 Å². The van der Waals surface area contributed by atoms with Gasteiger partial charge in [0.05, 0.1) is 10.5 Å². The maximum atomic E-state index is 12.7. The highest BCUT2D eigenvalue weighted by Gasteiger charge is 2.28. The summed E-state index contributed by atoms with van der Waals surface area (Å²) in [5.41, 5.74) is 0.636. The Kier molecular flexibility index (Phi) is 4.73. The van der Waals surface area contributed by atoms with Gasteiger partial charge < -0.3 is 9.47 Å². The smallest absolute Gasteiger partial charge is 0.255 e. The van der Waals surface area contributed by atoms with Gasteiger partial charge in [0.2, 0.25) is 10.0 Å². The molecule has 7 heteroatoms. The number of carbonyl (C=O) groups excluding carboxylic acids is 1. The van der Waals surface area contributed by atoms with Crippen molar-refractivity contribution in [2.75, 3.05) is 26.2 Å². The van der Waals surface area contributed by atoms with Crippen molar-refractivity contribution in [3.05, 3.63) is 54.4 Å². The Morgan fingerprint density at radius 2 is 1.75 bits per heavy atom. The fourth-order valence-electron chi connectivity index (χ4n) is 2.89. The monoisotopic (exact) mass is 347 g/mol. The van der Waals surface area contributed by atoms with E-state index in [0.717, 1.165) is 0 Å². The summed E-state index contributed by atoms with van der Waals surface area (Å²) in [6.45, 7) is 1.71. The topological polar surface area (TPSA) is 62.6 Å². The van der Waals surface area contributed by atoms with Crippen molar-refractivity contribution in [2.24, 2.45) is 7.05 Å². The number of hydrogen-bond acceptors (Lipinski definition) is 3. The summed E-state index contributed by atoms with van der Waals surface area (Å²) in [6, 6.07) is 10.2. The van der Waals surface area contributed by atoms with E-state index in [4.69, 9.17) is 0 Å². The van der Waals surface area contributed by atoms with Gasteiger partial charge >= 0.3 is 0 Å². The van der Waals surface area contributed by atoms with Crippen LogP contribution in [0.5, 0.6) is 0 Å². The summed E-state index contributed by atoms with van der Waals surface area (Å²) < 4.78 is 28.7. The second-order valence-corrected chi connectivity index (χ2v) is 7.87. The molecule has 0 bridgehead atoms. The van der Waals surface area contributed by atoms with E-state index in [-0.39, 0.29) is 5.91 Å². The van der Waals surface area contributed by atoms with E-state index in [1.54, 1.807) is 47.5 Å². The van der Waals surface area contributed by atoms with Gasteiger partial charge in [-0.2, -0.15) is 4.31 Å². The number of nitrogens with zero attached hydrogens (tertiary/aromatic N) is 3. The van der Waals surface area contributed by atoms with Crippen LogP contribution in [0.2, 0.25) is 0 Å². The van der Waals surface area contributed by atoms with Gasteiger partial charge in [-0.05, 0) is 24.6 Å². The molecule has 0 N–H and O–H groups in total. The SMILES string of the molecule is Cn1ccc(C(=O)N2CCCN(S(=O)(=O)c3ccccc3)CC2)c1. The maximum absolute atomic E-state index is 12.7. The first-order valence-corrected chi connectivity index (χ1v) is 9.39. The van der Waals surface area contributed by atoms with Crippen LogP contribution in [0, 0.1) is 0 Å². The quantitative estimate of drug-likeness (QED) is 0.846. The average molecular weight is 347 g/mol. The molecule has 1 aromatic heterocycles. The van der Waals surface area contributed by atoms with Crippen molar-refractivity contribution >= 4 is 15.9 Å². The zero-order chi connectivity index (χ0) is 17.2. The summed E-state index contributed by atoms with van der Waals surface area (Å²) in [4.78, 5) is 14.6. The lowest BCUT2D eigenvalue weighted by Crippen LogP contribution is -2.37. The van der Waals surface area contributed by atoms with Gasteiger partial charge in [0.15, 0.2) is 0 Å². The van der Waals surface area contributed by atoms with Crippen LogP contribution in [-0.2, 0) is 17.1 Å². The molecule has 1 amide bonds. The van der Waals surface area contributed by atoms with Crippen molar-refractivity contribution in [3.8, 4) is 0 Å². The molecule has 0 aliphatic carbocycles. The molecule has 1 aromatic carbocycles. The molecule has 0 spiro atoms. The maximum Gasteiger partial charge on any atom is 0.255 e. The number of benzene rings is 1. The van der Waals surface area contributed by atoms with E-state index >= 15 is 0 Å². The lowest BCUT2D eigenvalue weighted by Gasteiger charge is -2.21. The minimum Gasteiger partial charge on any atom is -0.356 e. The van der Waals surface area contributed by atoms with E-state index in [9.17, 15) is 13.2 Å². The van der Waals surface area contributed by atoms with E-state index < -0.39 is 10.0 Å². The first-order valence-electron chi connectivity index (χ1n) is 7.95. The Balaban J connectivity index is 1.72. The van der Waals surface area contributed by atoms with E-state index in [0.29, 0.717) is 43.1 Å². The molecule has 0 atom stereocenters. The van der Waals surface area contributed by atoms with Gasteiger partial charge in [0.1, 0.15) is 0 Å². The summed E-state index contributed by atoms with van der Waals surface area (Å²) >= 11 is 0. The van der Waals surface area contributed by atoms with Crippen molar-refractivity contribution in [1.29, 1.82) is 0 Å². The zero-order valence-corrected chi connectivity index (χ0v) is 14.4. The molecule has 1 fully saturated rings. The van der Waals surface area contributed by atoms with Crippen LogP contribution in [-0.4, -0.2) is 54.3 Å². The molecule has 3 rings (SSSR count). The fourth-order valence-corrected chi connectivity index (χ4v) is 4.38. The molecule has 0 unspecified atom stereocenters. The lowest BCUT2D eigenvalue weighted by atomic mass is 10.3. The minimum absolute atomic E-state index is 0.0467. The lowest BCUT2D eigenvalue weighted by molar-refractivity contribution is 0.0764. The molecule has 0 radical (unpaired) electrons. The normalized spacial score (nSPS) is 16.8. The molecule has 1 saturated heterocycles. The van der Waals surface area contributed by atoms with E-state index in [2.05, 4.69) is 0 Å². The molecule has 1 aliphatic rings. The van der Waals surface area contributed by atoms with Crippen LogP contribution in [0.15, 0.2) is 53.7 Å². The summed E-state index contributed by atoms with van der Waals surface area (Å²) in [7, 11) is -1.64. The first-order chi connectivity index (χ1) is 11.5. The Hall–Kier alpha value is -2.12. The minimum atomic E-state index is -3.50. The molecule has 1 aliphatic heterocycles. The third-order valence-corrected chi connectivity index (χ3v) is 6.11. The molecular weight excluding hydrogens is 326 g/mol. The van der Waals surface area contributed by atoms with Crippen LogP contribution >= 0.6 is 0 Å². The Morgan fingerprint density at radius 3 is 2.42 bits per heavy atom. The van der Waals surface area contributed by atoms with Crippen molar-refractivity contribution < 1.29 is 13.2 Å². The largest absolute Gasteiger partial charge is 0.356 e. The molecule has 6 nitrogen and oxygen atoms in total. The van der Waals surface area contributed by atoms with E-state index in [1.807, 2.05) is 17.8 Å². The standard InChI is InChI=1S/C17H21N3O3S/c1-18-11-8-15(14-18)17(21)19-9-5-10-20(13-12-19)24(22,23)16-6-3-2-4-7-16/h2-4,6-8,11,14H,5,9-10,12-13H2,1H3. The van der Waals surface area contributed by atoms with Crippen molar-refractivity contribution in [1.82, 2.24) is 13.8 Å². The number of hydrogen-bond donors (Lipinski definition) is 0. The zero-order valence-electron chi connectivity index (χ0n) is 13.6. The van der Waals surface area contributed by atoms with Crippen molar-refractivity contribution in [2.45, 2.75) is 11.3 Å². The summed E-state index contributed by atoms with van der Waals surface area (Å²) in [5.74, 6) is -0.0467. The van der Waals surface area contributed by atoms with Gasteiger partial charge in [-0.25, -0.2) is 8.42 Å². The molecule has 128 valence electrons. The highest BCUT2D eigenvalue weighted by atomic mass is 32.2. The predicted molar refractivity (Wildman–Crippen MR) is 91.1 cm³/mol. The first kappa shape index (κ1) is 16.7. The van der Waals surface area contributed by atoms with E-state index in [1.165, 1.54) is 4.31 Å². The Labute approximate surface area is 142 Å². The average Bonchev–Trinajstić information content (AvgIpc) is 2.86. The number of sulfonamides is 1. The highest BCUT2D eigenvalue weighted by molar-refractivity contribution is 7.89. The Bertz CT molecular complexity index is 815. The molecule has 2 aromatic rings. The summed E-state index contributed by atoms with van der Waals surface area (Å²) in [5, 5.41) is 0. The van der Waals surface area contributed by atoms with Crippen LogP contribution in [0.1, 0.15) is 16.8 Å². The van der Waals surface area contributed by atoms with Gasteiger partial charge in [0, 0.05) is 45.6 Å². The molecule has 24 heavy (non-hydrogen) atoms. The van der Waals surface area contributed by atoms with Gasteiger partial charge in [0.25, 0.3) is 5.91 Å². The number of aromatic nitrogens is 1. The molecule has 2 heterocycles. The molecular formula is C17H21N3O3S. The Morgan fingerprint density at radius 1 is 1.00 bits per heavy atom. The predicted octanol–water partition coefficient (Wildman–Crippen LogP) is 1.56. The van der Waals surface area contributed by atoms with Gasteiger partial charge in [-0.1, -0.05) is 18.2 Å². The highest BCUT2D eigenvalue weighted by Crippen LogP contribution is 2.18. The van der Waals surface area contributed by atoms with Gasteiger partial charge in [-0.15, -0.1) is 0 Å². The van der Waals surface area contributed by atoms with Crippen LogP contribution in [0.3, 0.4) is 0 Å². The second kappa shape index (κ2) is 6.78. The summed E-state index contributed by atoms with van der Waals surface area (Å²) in [6.07, 6.45) is 4.24. The third kappa shape index (κ3) is 3.37. The van der Waals surface area contributed by atoms with Crippen LogP contribution in [0.25, 0.3) is 0 Å². The number of carbonyl (C=O) groups is 1. The van der Waals surface area contributed by atoms with Crippen LogP contribution in [0.4, 0.5) is 0 Å². The van der Waals surface area contributed by atoms with Crippen LogP contribution < -0.4 is 0 Å². The van der Waals surface area contributed by atoms with Crippen molar-refractivity contribution in [3.63, 3.8) is 0 Å². The number of aryl methyl sites for hydroxylation is 1. The fraction of sp³-hybridized carbons (Fsp3) is 0.353. The second-order valence-electron chi connectivity index (χ2n) is 5.93.